The highest BCUT2D eigenvalue weighted by Crippen LogP contribution is 2.25. The lowest BCUT2D eigenvalue weighted by atomic mass is 9.92. The van der Waals surface area contributed by atoms with Crippen molar-refractivity contribution in [1.82, 2.24) is 5.32 Å². The standard InChI is InChI=1S/C14H18BrFN2O/c1-8-4-3-5-17-13(8)14(19)18-12-7-11(16)10(15)6-9(12)2/h6-8,13,17H,3-5H2,1-2H3,(H,18,19). The summed E-state index contributed by atoms with van der Waals surface area (Å²) in [6.07, 6.45) is 2.13. The Morgan fingerprint density at radius 1 is 1.53 bits per heavy atom. The van der Waals surface area contributed by atoms with Crippen molar-refractivity contribution >= 4 is 27.5 Å². The third-order valence-electron chi connectivity index (χ3n) is 3.58. The number of benzene rings is 1. The normalized spacial score (nSPS) is 23.2. The first-order valence-corrected chi connectivity index (χ1v) is 7.28. The number of piperidine rings is 1. The largest absolute Gasteiger partial charge is 0.324 e. The molecule has 5 heteroatoms. The number of anilines is 1. The predicted molar refractivity (Wildman–Crippen MR) is 77.7 cm³/mol. The Morgan fingerprint density at radius 2 is 2.26 bits per heavy atom. The van der Waals surface area contributed by atoms with E-state index in [1.807, 2.05) is 6.92 Å². The van der Waals surface area contributed by atoms with Crippen LogP contribution in [0.15, 0.2) is 16.6 Å². The summed E-state index contributed by atoms with van der Waals surface area (Å²) >= 11 is 3.13. The van der Waals surface area contributed by atoms with Gasteiger partial charge >= 0.3 is 0 Å². The van der Waals surface area contributed by atoms with E-state index in [-0.39, 0.29) is 17.8 Å². The Morgan fingerprint density at radius 3 is 2.95 bits per heavy atom. The molecule has 2 rings (SSSR count). The Hall–Kier alpha value is -0.940. The quantitative estimate of drug-likeness (QED) is 0.875. The van der Waals surface area contributed by atoms with E-state index in [1.54, 1.807) is 6.07 Å². The maximum absolute atomic E-state index is 13.5. The van der Waals surface area contributed by atoms with Gasteiger partial charge in [-0.25, -0.2) is 4.39 Å². The molecule has 1 saturated heterocycles. The molecule has 0 bridgehead atoms. The fourth-order valence-corrected chi connectivity index (χ4v) is 2.85. The van der Waals surface area contributed by atoms with E-state index in [2.05, 4.69) is 33.5 Å². The molecule has 1 aliphatic heterocycles. The topological polar surface area (TPSA) is 41.1 Å². The molecule has 104 valence electrons. The van der Waals surface area contributed by atoms with Gasteiger partial charge in [-0.1, -0.05) is 6.92 Å². The van der Waals surface area contributed by atoms with E-state index >= 15 is 0 Å². The Bertz CT molecular complexity index is 493. The zero-order valence-corrected chi connectivity index (χ0v) is 12.7. The summed E-state index contributed by atoms with van der Waals surface area (Å²) in [7, 11) is 0. The predicted octanol–water partition coefficient (Wildman–Crippen LogP) is 3.22. The number of amides is 1. The second-order valence-electron chi connectivity index (χ2n) is 5.12. The summed E-state index contributed by atoms with van der Waals surface area (Å²) in [6, 6.07) is 2.83. The van der Waals surface area contributed by atoms with Crippen molar-refractivity contribution in [2.24, 2.45) is 5.92 Å². The van der Waals surface area contributed by atoms with Crippen LogP contribution in [0.5, 0.6) is 0 Å². The van der Waals surface area contributed by atoms with Crippen molar-refractivity contribution in [3.05, 3.63) is 28.0 Å². The van der Waals surface area contributed by atoms with E-state index in [4.69, 9.17) is 0 Å². The van der Waals surface area contributed by atoms with Crippen molar-refractivity contribution in [2.45, 2.75) is 32.7 Å². The van der Waals surface area contributed by atoms with Gasteiger partial charge in [-0.2, -0.15) is 0 Å². The Labute approximate surface area is 121 Å². The average Bonchev–Trinajstić information content (AvgIpc) is 2.36. The van der Waals surface area contributed by atoms with Crippen LogP contribution in [0.3, 0.4) is 0 Å². The zero-order chi connectivity index (χ0) is 14.0. The molecule has 0 radical (unpaired) electrons. The summed E-state index contributed by atoms with van der Waals surface area (Å²) in [4.78, 5) is 12.2. The van der Waals surface area contributed by atoms with Crippen molar-refractivity contribution in [2.75, 3.05) is 11.9 Å². The van der Waals surface area contributed by atoms with Crippen LogP contribution in [0.2, 0.25) is 0 Å². The molecule has 2 atom stereocenters. The highest BCUT2D eigenvalue weighted by molar-refractivity contribution is 9.10. The number of carbonyl (C=O) groups excluding carboxylic acids is 1. The summed E-state index contributed by atoms with van der Waals surface area (Å²) < 4.78 is 13.9. The number of hydrogen-bond donors (Lipinski definition) is 2. The van der Waals surface area contributed by atoms with Crippen molar-refractivity contribution in [1.29, 1.82) is 0 Å². The monoisotopic (exact) mass is 328 g/mol. The first kappa shape index (κ1) is 14.5. The van der Waals surface area contributed by atoms with Gasteiger partial charge < -0.3 is 10.6 Å². The van der Waals surface area contributed by atoms with Gasteiger partial charge in [-0.05, 0) is 65.9 Å². The van der Waals surface area contributed by atoms with Crippen LogP contribution in [0.1, 0.15) is 25.3 Å². The molecule has 0 saturated carbocycles. The van der Waals surface area contributed by atoms with Gasteiger partial charge in [0.2, 0.25) is 5.91 Å². The molecule has 1 aliphatic rings. The molecule has 2 N–H and O–H groups in total. The molecular formula is C14H18BrFN2O. The number of hydrogen-bond acceptors (Lipinski definition) is 2. The van der Waals surface area contributed by atoms with Gasteiger partial charge in [0.15, 0.2) is 0 Å². The highest BCUT2D eigenvalue weighted by atomic mass is 79.9. The lowest BCUT2D eigenvalue weighted by molar-refractivity contribution is -0.119. The van der Waals surface area contributed by atoms with E-state index < -0.39 is 0 Å². The first-order chi connectivity index (χ1) is 8.99. The smallest absolute Gasteiger partial charge is 0.241 e. The Kier molecular flexibility index (Phi) is 4.58. The van der Waals surface area contributed by atoms with Crippen LogP contribution in [-0.2, 0) is 4.79 Å². The second-order valence-corrected chi connectivity index (χ2v) is 5.98. The molecular weight excluding hydrogens is 311 g/mol. The van der Waals surface area contributed by atoms with Crippen LogP contribution in [0.4, 0.5) is 10.1 Å². The number of aryl methyl sites for hydroxylation is 1. The molecule has 1 aromatic carbocycles. The van der Waals surface area contributed by atoms with E-state index in [0.29, 0.717) is 16.1 Å². The maximum atomic E-state index is 13.5. The summed E-state index contributed by atoms with van der Waals surface area (Å²) in [5, 5.41) is 6.04. The van der Waals surface area contributed by atoms with Gasteiger partial charge in [0.1, 0.15) is 5.82 Å². The SMILES string of the molecule is Cc1cc(Br)c(F)cc1NC(=O)C1NCCCC1C. The molecule has 0 spiro atoms. The third-order valence-corrected chi connectivity index (χ3v) is 4.18. The molecule has 1 fully saturated rings. The number of halogens is 2. The third kappa shape index (κ3) is 3.34. The summed E-state index contributed by atoms with van der Waals surface area (Å²) in [5.41, 5.74) is 1.37. The molecule has 1 amide bonds. The van der Waals surface area contributed by atoms with Gasteiger partial charge in [0, 0.05) is 5.69 Å². The molecule has 1 aromatic rings. The van der Waals surface area contributed by atoms with Gasteiger partial charge in [0.25, 0.3) is 0 Å². The van der Waals surface area contributed by atoms with Crippen molar-refractivity contribution in [3.8, 4) is 0 Å². The van der Waals surface area contributed by atoms with E-state index in [1.165, 1.54) is 6.07 Å². The lowest BCUT2D eigenvalue weighted by Gasteiger charge is -2.29. The minimum absolute atomic E-state index is 0.0861. The number of rotatable bonds is 2. The molecule has 3 nitrogen and oxygen atoms in total. The fraction of sp³-hybridized carbons (Fsp3) is 0.500. The minimum atomic E-state index is -0.370. The second kappa shape index (κ2) is 6.01. The number of carbonyl (C=O) groups is 1. The van der Waals surface area contributed by atoms with E-state index in [9.17, 15) is 9.18 Å². The number of nitrogens with one attached hydrogen (secondary N) is 2. The molecule has 1 heterocycles. The average molecular weight is 329 g/mol. The minimum Gasteiger partial charge on any atom is -0.324 e. The van der Waals surface area contributed by atoms with Crippen LogP contribution in [-0.4, -0.2) is 18.5 Å². The summed E-state index contributed by atoms with van der Waals surface area (Å²) in [5.74, 6) is -0.156. The van der Waals surface area contributed by atoms with Crippen LogP contribution in [0, 0.1) is 18.7 Å². The molecule has 0 aliphatic carbocycles. The van der Waals surface area contributed by atoms with Crippen LogP contribution < -0.4 is 10.6 Å². The highest BCUT2D eigenvalue weighted by Gasteiger charge is 2.27. The van der Waals surface area contributed by atoms with E-state index in [0.717, 1.165) is 24.9 Å². The van der Waals surface area contributed by atoms with Gasteiger partial charge in [0.05, 0.1) is 10.5 Å². The molecule has 19 heavy (non-hydrogen) atoms. The fourth-order valence-electron chi connectivity index (χ4n) is 2.39. The van der Waals surface area contributed by atoms with Crippen LogP contribution >= 0.6 is 15.9 Å². The maximum Gasteiger partial charge on any atom is 0.241 e. The molecule has 0 aromatic heterocycles. The lowest BCUT2D eigenvalue weighted by Crippen LogP contribution is -2.48. The van der Waals surface area contributed by atoms with Crippen LogP contribution in [0.25, 0.3) is 0 Å². The summed E-state index contributed by atoms with van der Waals surface area (Å²) in [6.45, 7) is 4.76. The van der Waals surface area contributed by atoms with Crippen molar-refractivity contribution in [3.63, 3.8) is 0 Å². The Balaban J connectivity index is 2.12. The van der Waals surface area contributed by atoms with Gasteiger partial charge in [-0.15, -0.1) is 0 Å². The van der Waals surface area contributed by atoms with Crippen molar-refractivity contribution < 1.29 is 9.18 Å². The first-order valence-electron chi connectivity index (χ1n) is 6.49. The zero-order valence-electron chi connectivity index (χ0n) is 11.1. The van der Waals surface area contributed by atoms with Gasteiger partial charge in [-0.3, -0.25) is 4.79 Å². The molecule has 2 unspecified atom stereocenters.